The van der Waals surface area contributed by atoms with Crippen LogP contribution in [0.15, 0.2) is 48.6 Å². The van der Waals surface area contributed by atoms with Gasteiger partial charge in [0.25, 0.3) is 5.91 Å². The standard InChI is InChI=1S/C36H46ClN3O6S/c1-39(2)34(41)17-13-28-8-4-5-9-32(45-3)29-14-10-26(29)21-40-22-36(18-6-7-24-19-27(37)12-15-30(24)36)23-46-33-16-11-25(20-31(33)40)35(42)38-47(28,43)44/h5,9,11-12,15-16,19-20,26,28-29,32H,4,6-8,10,13-14,17-18,21-23H2,1-3H3,(H,38,42)/b9-5+/t26-,28+,29+,32-,36-/m0/s1. The molecule has 1 spiro atoms. The van der Waals surface area contributed by atoms with E-state index < -0.39 is 21.2 Å². The predicted molar refractivity (Wildman–Crippen MR) is 184 cm³/mol. The predicted octanol–water partition coefficient (Wildman–Crippen LogP) is 5.50. The number of methoxy groups -OCH3 is 1. The van der Waals surface area contributed by atoms with E-state index in [4.69, 9.17) is 21.1 Å². The van der Waals surface area contributed by atoms with Gasteiger partial charge < -0.3 is 19.3 Å². The molecule has 0 saturated heterocycles. The van der Waals surface area contributed by atoms with Crippen molar-refractivity contribution in [3.05, 3.63) is 70.3 Å². The highest BCUT2D eigenvalue weighted by atomic mass is 35.5. The van der Waals surface area contributed by atoms with Gasteiger partial charge in [-0.05, 0) is 105 Å². The molecule has 4 aliphatic rings. The zero-order valence-electron chi connectivity index (χ0n) is 27.5. The van der Waals surface area contributed by atoms with E-state index in [9.17, 15) is 18.0 Å². The highest BCUT2D eigenvalue weighted by Crippen LogP contribution is 2.47. The fourth-order valence-corrected chi connectivity index (χ4v) is 9.55. The van der Waals surface area contributed by atoms with E-state index in [-0.39, 0.29) is 42.3 Å². The minimum absolute atomic E-state index is 0.0726. The number of rotatable bonds is 4. The average molecular weight is 684 g/mol. The van der Waals surface area contributed by atoms with Gasteiger partial charge in [-0.3, -0.25) is 9.59 Å². The molecular weight excluding hydrogens is 638 g/mol. The van der Waals surface area contributed by atoms with Crippen LogP contribution < -0.4 is 14.4 Å². The Labute approximate surface area is 283 Å². The Morgan fingerprint density at radius 2 is 2.00 bits per heavy atom. The Kier molecular flexibility index (Phi) is 9.93. The zero-order valence-corrected chi connectivity index (χ0v) is 29.1. The number of carbonyl (C=O) groups is 2. The fourth-order valence-electron chi connectivity index (χ4n) is 7.94. The van der Waals surface area contributed by atoms with Gasteiger partial charge in [0, 0.05) is 56.7 Å². The van der Waals surface area contributed by atoms with Crippen LogP contribution in [0.5, 0.6) is 5.75 Å². The van der Waals surface area contributed by atoms with Crippen molar-refractivity contribution < 1.29 is 27.5 Å². The molecule has 2 aromatic carbocycles. The maximum Gasteiger partial charge on any atom is 0.264 e. The second-order valence-electron chi connectivity index (χ2n) is 13.9. The van der Waals surface area contributed by atoms with Gasteiger partial charge in [-0.1, -0.05) is 29.8 Å². The first-order chi connectivity index (χ1) is 22.5. The first-order valence-corrected chi connectivity index (χ1v) is 18.7. The number of ether oxygens (including phenoxy) is 2. The largest absolute Gasteiger partial charge is 0.490 e. The van der Waals surface area contributed by atoms with E-state index in [1.807, 2.05) is 12.1 Å². The topological polar surface area (TPSA) is 105 Å². The lowest BCUT2D eigenvalue weighted by Crippen LogP contribution is -2.49. The first-order valence-electron chi connectivity index (χ1n) is 16.8. The SMILES string of the molecule is CO[C@H]1/C=C/CC[C@H](CCC(=O)N(C)C)S(=O)(=O)NC(=O)c2ccc3c(c2)N(C[C@@H]2CC[C@H]21)C[C@@]1(CCCc2cc(Cl)ccc21)CO3. The maximum absolute atomic E-state index is 13.7. The molecule has 0 radical (unpaired) electrons. The quantitative estimate of drug-likeness (QED) is 0.425. The number of hydrogen-bond donors (Lipinski definition) is 1. The summed E-state index contributed by atoms with van der Waals surface area (Å²) in [6.07, 6.45) is 10.0. The van der Waals surface area contributed by atoms with E-state index in [2.05, 4.69) is 27.8 Å². The third-order valence-corrected chi connectivity index (χ3v) is 12.8. The van der Waals surface area contributed by atoms with Crippen LogP contribution in [0.3, 0.4) is 0 Å². The van der Waals surface area contributed by atoms with Gasteiger partial charge in [-0.25, -0.2) is 13.1 Å². The van der Waals surface area contributed by atoms with Crippen LogP contribution in [0.1, 0.15) is 72.9 Å². The summed E-state index contributed by atoms with van der Waals surface area (Å²) in [6, 6.07) is 11.4. The Bertz CT molecular complexity index is 1640. The van der Waals surface area contributed by atoms with Crippen LogP contribution in [0.2, 0.25) is 5.02 Å². The molecule has 1 saturated carbocycles. The Balaban J connectivity index is 1.38. The molecule has 0 unspecified atom stereocenters. The lowest BCUT2D eigenvalue weighted by Gasteiger charge is -2.46. The molecular formula is C36H46ClN3O6S. The van der Waals surface area contributed by atoms with Gasteiger partial charge in [0.15, 0.2) is 0 Å². The average Bonchev–Trinajstić information content (AvgIpc) is 3.17. The van der Waals surface area contributed by atoms with Gasteiger partial charge >= 0.3 is 0 Å². The summed E-state index contributed by atoms with van der Waals surface area (Å²) < 4.78 is 42.2. The minimum Gasteiger partial charge on any atom is -0.490 e. The smallest absolute Gasteiger partial charge is 0.264 e. The molecule has 47 heavy (non-hydrogen) atoms. The number of benzene rings is 2. The number of sulfonamides is 1. The summed E-state index contributed by atoms with van der Waals surface area (Å²) >= 11 is 6.42. The van der Waals surface area contributed by atoms with E-state index in [0.717, 1.165) is 49.4 Å². The monoisotopic (exact) mass is 683 g/mol. The number of aryl methyl sites for hydroxylation is 1. The second-order valence-corrected chi connectivity index (χ2v) is 16.3. The van der Waals surface area contributed by atoms with Crippen molar-refractivity contribution in [3.63, 3.8) is 0 Å². The van der Waals surface area contributed by atoms with E-state index in [1.165, 1.54) is 16.0 Å². The Hall–Kier alpha value is -3.08. The first kappa shape index (κ1) is 33.8. The van der Waals surface area contributed by atoms with E-state index in [1.54, 1.807) is 39.4 Å². The lowest BCUT2D eigenvalue weighted by atomic mass is 9.68. The van der Waals surface area contributed by atoms with Crippen molar-refractivity contribution in [1.82, 2.24) is 9.62 Å². The molecule has 254 valence electrons. The molecule has 2 aliphatic carbocycles. The third-order valence-electron chi connectivity index (χ3n) is 10.8. The maximum atomic E-state index is 13.7. The van der Waals surface area contributed by atoms with Gasteiger partial charge in [0.05, 0.1) is 23.6 Å². The van der Waals surface area contributed by atoms with Crippen LogP contribution in [0.25, 0.3) is 0 Å². The number of amides is 2. The number of carbonyl (C=O) groups excluding carboxylic acids is 2. The normalized spacial score (nSPS) is 29.3. The van der Waals surface area contributed by atoms with Crippen LogP contribution in [0, 0.1) is 11.8 Å². The van der Waals surface area contributed by atoms with Gasteiger partial charge in [-0.2, -0.15) is 0 Å². The van der Waals surface area contributed by atoms with Crippen LogP contribution >= 0.6 is 11.6 Å². The van der Waals surface area contributed by atoms with Gasteiger partial charge in [-0.15, -0.1) is 0 Å². The summed E-state index contributed by atoms with van der Waals surface area (Å²) in [6.45, 7) is 1.97. The summed E-state index contributed by atoms with van der Waals surface area (Å²) in [5.74, 6) is 0.529. The summed E-state index contributed by atoms with van der Waals surface area (Å²) in [5, 5.41) is -0.178. The third kappa shape index (κ3) is 7.06. The molecule has 2 amide bonds. The molecule has 5 atom stereocenters. The van der Waals surface area contributed by atoms with Gasteiger partial charge in [0.1, 0.15) is 5.75 Å². The number of fused-ring (bicyclic) bond motifs is 4. The van der Waals surface area contributed by atoms with Gasteiger partial charge in [0.2, 0.25) is 15.9 Å². The summed E-state index contributed by atoms with van der Waals surface area (Å²) in [5.41, 5.74) is 3.30. The van der Waals surface area contributed by atoms with Crippen molar-refractivity contribution in [3.8, 4) is 5.75 Å². The van der Waals surface area contributed by atoms with Crippen molar-refractivity contribution in [1.29, 1.82) is 0 Å². The molecule has 9 nitrogen and oxygen atoms in total. The van der Waals surface area contributed by atoms with Crippen LogP contribution in [0.4, 0.5) is 5.69 Å². The Morgan fingerprint density at radius 1 is 1.17 bits per heavy atom. The second kappa shape index (κ2) is 13.8. The van der Waals surface area contributed by atoms with Crippen molar-refractivity contribution in [2.45, 2.75) is 74.6 Å². The highest BCUT2D eigenvalue weighted by molar-refractivity contribution is 7.90. The molecule has 2 heterocycles. The lowest BCUT2D eigenvalue weighted by molar-refractivity contribution is -0.128. The molecule has 11 heteroatoms. The summed E-state index contributed by atoms with van der Waals surface area (Å²) in [4.78, 5) is 29.8. The zero-order chi connectivity index (χ0) is 33.3. The van der Waals surface area contributed by atoms with E-state index in [0.29, 0.717) is 37.2 Å². The molecule has 1 fully saturated rings. The number of nitrogens with zero attached hydrogens (tertiary/aromatic N) is 2. The molecule has 2 bridgehead atoms. The van der Waals surface area contributed by atoms with Crippen molar-refractivity contribution >= 4 is 39.1 Å². The molecule has 2 aromatic rings. The van der Waals surface area contributed by atoms with Crippen LogP contribution in [-0.4, -0.2) is 77.4 Å². The highest BCUT2D eigenvalue weighted by Gasteiger charge is 2.44. The summed E-state index contributed by atoms with van der Waals surface area (Å²) in [7, 11) is 0.940. The fraction of sp³-hybridized carbons (Fsp3) is 0.556. The van der Waals surface area contributed by atoms with E-state index >= 15 is 0 Å². The number of allylic oxidation sites excluding steroid dienone is 1. The number of halogens is 1. The molecule has 0 aromatic heterocycles. The van der Waals surface area contributed by atoms with Crippen LogP contribution in [-0.2, 0) is 31.4 Å². The van der Waals surface area contributed by atoms with Crippen molar-refractivity contribution in [2.75, 3.05) is 45.8 Å². The minimum atomic E-state index is -4.09. The number of anilines is 1. The molecule has 1 N–H and O–H groups in total. The molecule has 2 aliphatic heterocycles. The Morgan fingerprint density at radius 3 is 2.74 bits per heavy atom. The molecule has 6 rings (SSSR count). The number of hydrogen-bond acceptors (Lipinski definition) is 7. The number of nitrogens with one attached hydrogen (secondary N) is 1. The van der Waals surface area contributed by atoms with Crippen molar-refractivity contribution in [2.24, 2.45) is 11.8 Å².